The number of pyridine rings is 1. The van der Waals surface area contributed by atoms with Crippen molar-refractivity contribution in [1.82, 2.24) is 4.98 Å². The van der Waals surface area contributed by atoms with E-state index < -0.39 is 28.7 Å². The fourth-order valence-corrected chi connectivity index (χ4v) is 5.57. The molecule has 2 aliphatic rings. The number of hydrogen-bond acceptors (Lipinski definition) is 6. The number of hydrogen-bond donors (Lipinski definition) is 2. The molecule has 1 saturated carbocycles. The minimum Gasteiger partial charge on any atom is -0.479 e. The van der Waals surface area contributed by atoms with Crippen LogP contribution in [0.2, 0.25) is 0 Å². The van der Waals surface area contributed by atoms with Gasteiger partial charge in [0.25, 0.3) is 5.91 Å². The SMILES string of the molecule is C#CCOc1cnc(C(=O)Nc2ccc(F)c([C@@]3(C)N=C(N)S[C@@]4(CF)C[C@H]43)c2)c(C)c1. The van der Waals surface area contributed by atoms with Crippen LogP contribution in [0.25, 0.3) is 0 Å². The van der Waals surface area contributed by atoms with Gasteiger partial charge in [-0.05, 0) is 50.1 Å². The summed E-state index contributed by atoms with van der Waals surface area (Å²) in [6, 6.07) is 5.91. The molecule has 3 N–H and O–H groups in total. The van der Waals surface area contributed by atoms with Crippen LogP contribution < -0.4 is 15.8 Å². The van der Waals surface area contributed by atoms with Crippen molar-refractivity contribution < 1.29 is 18.3 Å². The van der Waals surface area contributed by atoms with Crippen molar-refractivity contribution in [2.24, 2.45) is 16.6 Å². The molecule has 32 heavy (non-hydrogen) atoms. The maximum atomic E-state index is 14.9. The number of alkyl halides is 1. The molecule has 1 aromatic heterocycles. The molecule has 2 heterocycles. The van der Waals surface area contributed by atoms with Crippen LogP contribution in [0.3, 0.4) is 0 Å². The second kappa shape index (κ2) is 8.10. The number of thioether (sulfide) groups is 1. The Bertz CT molecular complexity index is 1170. The largest absolute Gasteiger partial charge is 0.479 e. The van der Waals surface area contributed by atoms with Crippen molar-refractivity contribution in [3.63, 3.8) is 0 Å². The van der Waals surface area contributed by atoms with Gasteiger partial charge in [0.2, 0.25) is 0 Å². The molecule has 1 aliphatic heterocycles. The van der Waals surface area contributed by atoms with E-state index in [9.17, 15) is 13.6 Å². The number of aliphatic imine (C=N–C) groups is 1. The van der Waals surface area contributed by atoms with Crippen molar-refractivity contribution in [3.05, 3.63) is 53.1 Å². The molecule has 1 aliphatic carbocycles. The maximum Gasteiger partial charge on any atom is 0.274 e. The average molecular weight is 457 g/mol. The standard InChI is InChI=1S/C23H22F2N4O2S/c1-4-7-31-15-8-13(2)19(27-11-15)20(30)28-14-5-6-17(25)16(9-14)22(3)18-10-23(18,12-24)32-21(26)29-22/h1,5-6,8-9,11,18H,7,10,12H2,2-3H3,(H2,26,29)(H,28,30)/t18-,22+,23+/m0/s1. The zero-order valence-corrected chi connectivity index (χ0v) is 18.4. The van der Waals surface area contributed by atoms with Gasteiger partial charge in [-0.15, -0.1) is 6.42 Å². The lowest BCUT2D eigenvalue weighted by atomic mass is 9.85. The number of aryl methyl sites for hydroxylation is 1. The number of amidine groups is 1. The van der Waals surface area contributed by atoms with E-state index in [4.69, 9.17) is 16.9 Å². The lowest BCUT2D eigenvalue weighted by Gasteiger charge is -2.33. The molecule has 1 aromatic carbocycles. The van der Waals surface area contributed by atoms with E-state index in [2.05, 4.69) is 21.2 Å². The first-order valence-electron chi connectivity index (χ1n) is 9.97. The summed E-state index contributed by atoms with van der Waals surface area (Å²) in [6.45, 7) is 3.02. The molecular formula is C23H22F2N4O2S. The van der Waals surface area contributed by atoms with Crippen molar-refractivity contribution >= 4 is 28.5 Å². The molecule has 1 fully saturated rings. The predicted octanol–water partition coefficient (Wildman–Crippen LogP) is 3.80. The van der Waals surface area contributed by atoms with Crippen molar-refractivity contribution in [2.45, 2.75) is 30.6 Å². The summed E-state index contributed by atoms with van der Waals surface area (Å²) in [4.78, 5) is 21.4. The smallest absolute Gasteiger partial charge is 0.274 e. The van der Waals surface area contributed by atoms with E-state index in [0.717, 1.165) is 0 Å². The maximum absolute atomic E-state index is 14.9. The molecular weight excluding hydrogens is 434 g/mol. The molecule has 0 unspecified atom stereocenters. The number of carbonyl (C=O) groups excluding carboxylic acids is 1. The zero-order valence-electron chi connectivity index (χ0n) is 17.6. The number of nitrogens with zero attached hydrogens (tertiary/aromatic N) is 2. The second-order valence-corrected chi connectivity index (χ2v) is 9.57. The van der Waals surface area contributed by atoms with Gasteiger partial charge in [-0.2, -0.15) is 0 Å². The Balaban J connectivity index is 1.60. The van der Waals surface area contributed by atoms with Crippen LogP contribution in [0.4, 0.5) is 14.5 Å². The third-order valence-corrected chi connectivity index (χ3v) is 7.21. The molecule has 0 bridgehead atoms. The van der Waals surface area contributed by atoms with E-state index in [1.807, 2.05) is 0 Å². The van der Waals surface area contributed by atoms with E-state index >= 15 is 0 Å². The van der Waals surface area contributed by atoms with Gasteiger partial charge in [0.05, 0.1) is 16.5 Å². The summed E-state index contributed by atoms with van der Waals surface area (Å²) in [5.41, 5.74) is 6.37. The number of nitrogens with one attached hydrogen (secondary N) is 1. The zero-order chi connectivity index (χ0) is 23.1. The third kappa shape index (κ3) is 3.79. The van der Waals surface area contributed by atoms with E-state index in [1.54, 1.807) is 19.9 Å². The van der Waals surface area contributed by atoms with E-state index in [-0.39, 0.29) is 28.9 Å². The Kier molecular flexibility index (Phi) is 5.59. The molecule has 0 spiro atoms. The molecule has 166 valence electrons. The number of nitrogens with two attached hydrogens (primary N) is 1. The third-order valence-electron chi connectivity index (χ3n) is 5.94. The van der Waals surface area contributed by atoms with Gasteiger partial charge in [-0.25, -0.2) is 13.8 Å². The quantitative estimate of drug-likeness (QED) is 0.646. The van der Waals surface area contributed by atoms with Gasteiger partial charge in [-0.1, -0.05) is 17.7 Å². The number of fused-ring (bicyclic) bond motifs is 1. The van der Waals surface area contributed by atoms with Crippen LogP contribution in [-0.4, -0.2) is 34.1 Å². The molecule has 2 aromatic rings. The Morgan fingerprint density at radius 1 is 1.47 bits per heavy atom. The lowest BCUT2D eigenvalue weighted by molar-refractivity contribution is 0.102. The first-order valence-corrected chi connectivity index (χ1v) is 10.8. The topological polar surface area (TPSA) is 89.6 Å². The Morgan fingerprint density at radius 3 is 2.94 bits per heavy atom. The number of amides is 1. The Labute approximate surface area is 189 Å². The van der Waals surface area contributed by atoms with Gasteiger partial charge in [0.15, 0.2) is 5.17 Å². The monoisotopic (exact) mass is 456 g/mol. The number of terminal acetylenes is 1. The normalized spacial score (nSPS) is 25.8. The van der Waals surface area contributed by atoms with Crippen molar-refractivity contribution in [3.8, 4) is 18.1 Å². The first kappa shape index (κ1) is 22.1. The van der Waals surface area contributed by atoms with Crippen LogP contribution in [0.5, 0.6) is 5.75 Å². The van der Waals surface area contributed by atoms with Crippen LogP contribution in [-0.2, 0) is 5.54 Å². The fraction of sp³-hybridized carbons (Fsp3) is 0.348. The number of ether oxygens (including phenoxy) is 1. The number of aromatic nitrogens is 1. The molecule has 4 rings (SSSR count). The van der Waals surface area contributed by atoms with Crippen molar-refractivity contribution in [2.75, 3.05) is 18.6 Å². The number of rotatable bonds is 6. The molecule has 6 nitrogen and oxygen atoms in total. The second-order valence-electron chi connectivity index (χ2n) is 8.13. The van der Waals surface area contributed by atoms with Crippen LogP contribution >= 0.6 is 11.8 Å². The molecule has 0 saturated heterocycles. The highest BCUT2D eigenvalue weighted by Gasteiger charge is 2.66. The summed E-state index contributed by atoms with van der Waals surface area (Å²) in [5, 5.41) is 2.98. The number of carbonyl (C=O) groups is 1. The van der Waals surface area contributed by atoms with Crippen LogP contribution in [0, 0.1) is 31.0 Å². The highest BCUT2D eigenvalue weighted by atomic mass is 32.2. The summed E-state index contributed by atoms with van der Waals surface area (Å²) >= 11 is 1.22. The Hall–Kier alpha value is -3.12. The van der Waals surface area contributed by atoms with E-state index in [1.165, 1.54) is 36.2 Å². The molecule has 1 amide bonds. The summed E-state index contributed by atoms with van der Waals surface area (Å²) < 4.78 is 33.2. The van der Waals surface area contributed by atoms with Crippen molar-refractivity contribution in [1.29, 1.82) is 0 Å². The van der Waals surface area contributed by atoms with Gasteiger partial charge >= 0.3 is 0 Å². The molecule has 3 atom stereocenters. The predicted molar refractivity (Wildman–Crippen MR) is 121 cm³/mol. The molecule has 9 heteroatoms. The fourth-order valence-electron chi connectivity index (χ4n) is 4.24. The highest BCUT2D eigenvalue weighted by molar-refractivity contribution is 8.15. The summed E-state index contributed by atoms with van der Waals surface area (Å²) in [7, 11) is 0. The minimum absolute atomic E-state index is 0.0972. The Morgan fingerprint density at radius 2 is 2.25 bits per heavy atom. The van der Waals surface area contributed by atoms with Gasteiger partial charge in [-0.3, -0.25) is 9.79 Å². The van der Waals surface area contributed by atoms with E-state index in [0.29, 0.717) is 23.4 Å². The lowest BCUT2D eigenvalue weighted by Crippen LogP contribution is -2.36. The molecule has 0 radical (unpaired) electrons. The van der Waals surface area contributed by atoms with Crippen LogP contribution in [0.1, 0.15) is 35.0 Å². The number of halogens is 2. The van der Waals surface area contributed by atoms with Gasteiger partial charge < -0.3 is 15.8 Å². The number of anilines is 1. The first-order chi connectivity index (χ1) is 15.2. The van der Waals surface area contributed by atoms with Crippen LogP contribution in [0.15, 0.2) is 35.5 Å². The van der Waals surface area contributed by atoms with Gasteiger partial charge in [0, 0.05) is 17.2 Å². The summed E-state index contributed by atoms with van der Waals surface area (Å²) in [5.74, 6) is 1.69. The average Bonchev–Trinajstić information content (AvgIpc) is 3.49. The number of benzene rings is 1. The summed E-state index contributed by atoms with van der Waals surface area (Å²) in [6.07, 6.45) is 7.15. The highest BCUT2D eigenvalue weighted by Crippen LogP contribution is 2.66. The minimum atomic E-state index is -1.02. The van der Waals surface area contributed by atoms with Gasteiger partial charge in [0.1, 0.15) is 30.5 Å².